The quantitative estimate of drug-likeness (QED) is 0.591. The molecule has 0 saturated heterocycles. The average molecular weight is 206 g/mol. The van der Waals surface area contributed by atoms with Crippen LogP contribution < -0.4 is 10.2 Å². The minimum atomic E-state index is 0.104. The maximum Gasteiger partial charge on any atom is 0.141 e. The summed E-state index contributed by atoms with van der Waals surface area (Å²) in [4.78, 5) is 0. The van der Waals surface area contributed by atoms with Crippen LogP contribution in [0, 0.1) is 0 Å². The van der Waals surface area contributed by atoms with Crippen molar-refractivity contribution in [2.24, 2.45) is 0 Å². The molecule has 1 nitrogen and oxygen atoms in total. The van der Waals surface area contributed by atoms with Gasteiger partial charge in [0.2, 0.25) is 0 Å². The molecule has 0 fully saturated rings. The zero-order valence-electron chi connectivity index (χ0n) is 8.43. The molecule has 72 valence electrons. The molecule has 0 N–H and O–H groups in total. The van der Waals surface area contributed by atoms with Crippen LogP contribution in [0.1, 0.15) is 25.8 Å². The summed E-state index contributed by atoms with van der Waals surface area (Å²) in [6.07, 6.45) is 1.000. The number of rotatable bonds is 0. The maximum atomic E-state index is 6.07. The van der Waals surface area contributed by atoms with Gasteiger partial charge in [0.25, 0.3) is 0 Å². The molecule has 0 atom stereocenters. The van der Waals surface area contributed by atoms with Crippen molar-refractivity contribution in [2.45, 2.75) is 25.7 Å². The second-order valence-electron chi connectivity index (χ2n) is 4.36. The molecule has 0 bridgehead atoms. The Bertz CT molecular complexity index is 374. The van der Waals surface area contributed by atoms with Crippen molar-refractivity contribution < 1.29 is 4.74 Å². The highest BCUT2D eigenvalue weighted by atomic mass is 35.5. The van der Waals surface area contributed by atoms with Gasteiger partial charge in [-0.25, -0.2) is 0 Å². The standard InChI is InChI=1S/C11H12BClO/c1-11(2)3-4-14-10-8(11)5-7(12)6-9(10)13/h5-6H,3-4H2,1-2H3. The second-order valence-corrected chi connectivity index (χ2v) is 4.77. The lowest BCUT2D eigenvalue weighted by molar-refractivity contribution is 0.234. The predicted molar refractivity (Wildman–Crippen MR) is 60.0 cm³/mol. The molecule has 2 rings (SSSR count). The fourth-order valence-corrected chi connectivity index (χ4v) is 2.09. The summed E-state index contributed by atoms with van der Waals surface area (Å²) in [5.74, 6) is 0.803. The van der Waals surface area contributed by atoms with Crippen LogP contribution in [0.5, 0.6) is 5.75 Å². The molecule has 0 unspecified atom stereocenters. The number of hydrogen-bond donors (Lipinski definition) is 0. The minimum Gasteiger partial charge on any atom is -0.492 e. The van der Waals surface area contributed by atoms with E-state index in [0.29, 0.717) is 10.5 Å². The Balaban J connectivity index is 2.63. The Kier molecular flexibility index (Phi) is 2.26. The Labute approximate surface area is 90.8 Å². The molecular formula is C11H12BClO. The molecule has 0 amide bonds. The van der Waals surface area contributed by atoms with E-state index in [4.69, 9.17) is 24.2 Å². The van der Waals surface area contributed by atoms with Gasteiger partial charge in [0.05, 0.1) is 11.6 Å². The van der Waals surface area contributed by atoms with Crippen LogP contribution in [0.4, 0.5) is 0 Å². The lowest BCUT2D eigenvalue weighted by Gasteiger charge is -2.33. The normalized spacial score (nSPS) is 18.5. The van der Waals surface area contributed by atoms with Gasteiger partial charge in [0.1, 0.15) is 13.6 Å². The van der Waals surface area contributed by atoms with Crippen LogP contribution in [-0.4, -0.2) is 14.5 Å². The van der Waals surface area contributed by atoms with Crippen molar-refractivity contribution in [3.63, 3.8) is 0 Å². The molecular weight excluding hydrogens is 194 g/mol. The topological polar surface area (TPSA) is 9.23 Å². The zero-order valence-corrected chi connectivity index (χ0v) is 9.19. The first-order chi connectivity index (χ1) is 6.50. The van der Waals surface area contributed by atoms with Gasteiger partial charge in [-0.05, 0) is 17.9 Å². The summed E-state index contributed by atoms with van der Waals surface area (Å²) in [5, 5.41) is 0.618. The van der Waals surface area contributed by atoms with Gasteiger partial charge in [-0.15, -0.1) is 0 Å². The fourth-order valence-electron chi connectivity index (χ4n) is 1.81. The molecule has 1 aromatic carbocycles. The first-order valence-electron chi connectivity index (χ1n) is 4.73. The van der Waals surface area contributed by atoms with E-state index in [-0.39, 0.29) is 5.41 Å². The Morgan fingerprint density at radius 2 is 2.14 bits per heavy atom. The van der Waals surface area contributed by atoms with Gasteiger partial charge in [0.15, 0.2) is 0 Å². The van der Waals surface area contributed by atoms with E-state index in [1.165, 1.54) is 0 Å². The van der Waals surface area contributed by atoms with Crippen LogP contribution in [0.15, 0.2) is 12.1 Å². The van der Waals surface area contributed by atoms with Gasteiger partial charge >= 0.3 is 0 Å². The van der Waals surface area contributed by atoms with E-state index in [2.05, 4.69) is 13.8 Å². The van der Waals surface area contributed by atoms with Gasteiger partial charge in [-0.1, -0.05) is 37.0 Å². The lowest BCUT2D eigenvalue weighted by Crippen LogP contribution is -2.28. The molecule has 0 aromatic heterocycles. The van der Waals surface area contributed by atoms with Crippen molar-refractivity contribution in [1.82, 2.24) is 0 Å². The van der Waals surface area contributed by atoms with Crippen LogP contribution in [0.3, 0.4) is 0 Å². The summed E-state index contributed by atoms with van der Waals surface area (Å²) in [7, 11) is 5.76. The highest BCUT2D eigenvalue weighted by molar-refractivity contribution is 6.37. The molecule has 1 aliphatic heterocycles. The van der Waals surface area contributed by atoms with Gasteiger partial charge in [-0.3, -0.25) is 0 Å². The van der Waals surface area contributed by atoms with Crippen molar-refractivity contribution in [3.8, 4) is 5.75 Å². The van der Waals surface area contributed by atoms with Crippen molar-refractivity contribution in [2.75, 3.05) is 6.61 Å². The van der Waals surface area contributed by atoms with Crippen molar-refractivity contribution in [3.05, 3.63) is 22.7 Å². The molecule has 0 saturated carbocycles. The number of ether oxygens (including phenoxy) is 1. The third-order valence-corrected chi connectivity index (χ3v) is 3.05. The van der Waals surface area contributed by atoms with Gasteiger partial charge < -0.3 is 4.74 Å². The van der Waals surface area contributed by atoms with E-state index >= 15 is 0 Å². The van der Waals surface area contributed by atoms with E-state index in [9.17, 15) is 0 Å². The number of fused-ring (bicyclic) bond motifs is 1. The summed E-state index contributed by atoms with van der Waals surface area (Å²) in [6, 6.07) is 3.70. The van der Waals surface area contributed by atoms with E-state index in [1.54, 1.807) is 6.07 Å². The molecule has 1 aliphatic rings. The van der Waals surface area contributed by atoms with Gasteiger partial charge in [0, 0.05) is 5.56 Å². The number of benzene rings is 1. The molecule has 0 aliphatic carbocycles. The second kappa shape index (κ2) is 3.20. The van der Waals surface area contributed by atoms with Crippen LogP contribution >= 0.6 is 11.6 Å². The maximum absolute atomic E-state index is 6.07. The summed E-state index contributed by atoms with van der Waals surface area (Å²) >= 11 is 6.07. The third kappa shape index (κ3) is 1.52. The summed E-state index contributed by atoms with van der Waals surface area (Å²) in [5.41, 5.74) is 1.92. The van der Waals surface area contributed by atoms with E-state index in [1.807, 2.05) is 6.07 Å². The third-order valence-electron chi connectivity index (χ3n) is 2.77. The zero-order chi connectivity index (χ0) is 10.3. The summed E-state index contributed by atoms with van der Waals surface area (Å²) < 4.78 is 5.56. The predicted octanol–water partition coefficient (Wildman–Crippen LogP) is 2.19. The van der Waals surface area contributed by atoms with Gasteiger partial charge in [-0.2, -0.15) is 0 Å². The van der Waals surface area contributed by atoms with Crippen molar-refractivity contribution >= 4 is 24.9 Å². The smallest absolute Gasteiger partial charge is 0.141 e. The fraction of sp³-hybridized carbons (Fsp3) is 0.455. The lowest BCUT2D eigenvalue weighted by atomic mass is 9.77. The molecule has 3 heteroatoms. The first kappa shape index (κ1) is 9.91. The molecule has 1 aromatic rings. The highest BCUT2D eigenvalue weighted by Gasteiger charge is 2.30. The Morgan fingerprint density at radius 1 is 1.43 bits per heavy atom. The first-order valence-corrected chi connectivity index (χ1v) is 5.11. The average Bonchev–Trinajstić information content (AvgIpc) is 2.06. The molecule has 0 spiro atoms. The van der Waals surface area contributed by atoms with E-state index < -0.39 is 0 Å². The minimum absolute atomic E-state index is 0.104. The van der Waals surface area contributed by atoms with Crippen LogP contribution in [-0.2, 0) is 5.41 Å². The monoisotopic (exact) mass is 206 g/mol. The van der Waals surface area contributed by atoms with Crippen LogP contribution in [0.25, 0.3) is 0 Å². The van der Waals surface area contributed by atoms with Crippen molar-refractivity contribution in [1.29, 1.82) is 0 Å². The molecule has 2 radical (unpaired) electrons. The Hall–Kier alpha value is -0.625. The largest absolute Gasteiger partial charge is 0.492 e. The highest BCUT2D eigenvalue weighted by Crippen LogP contribution is 2.41. The summed E-state index contributed by atoms with van der Waals surface area (Å²) in [6.45, 7) is 5.10. The number of halogens is 1. The molecule has 14 heavy (non-hydrogen) atoms. The number of hydrogen-bond acceptors (Lipinski definition) is 1. The molecule has 1 heterocycles. The van der Waals surface area contributed by atoms with Crippen LogP contribution in [0.2, 0.25) is 5.02 Å². The SMILES string of the molecule is [B]c1cc(Cl)c2c(c1)C(C)(C)CCO2. The van der Waals surface area contributed by atoms with E-state index in [0.717, 1.165) is 24.3 Å². The Morgan fingerprint density at radius 3 is 2.86 bits per heavy atom.